The van der Waals surface area contributed by atoms with Crippen LogP contribution in [0.4, 0.5) is 5.82 Å². The van der Waals surface area contributed by atoms with Crippen LogP contribution in [0, 0.1) is 22.7 Å². The zero-order valence-electron chi connectivity index (χ0n) is 16.8. The molecule has 7 heteroatoms. The number of aliphatic hydroxyl groups excluding tert-OH is 1. The van der Waals surface area contributed by atoms with Gasteiger partial charge in [0.15, 0.2) is 5.82 Å². The molecule has 30 heavy (non-hydrogen) atoms. The van der Waals surface area contributed by atoms with E-state index in [2.05, 4.69) is 44.2 Å². The molecule has 0 radical (unpaired) electrons. The summed E-state index contributed by atoms with van der Waals surface area (Å²) in [6.07, 6.45) is 8.90. The second-order valence-electron chi connectivity index (χ2n) is 9.40. The Morgan fingerprint density at radius 3 is 2.73 bits per heavy atom. The Morgan fingerprint density at radius 1 is 1.17 bits per heavy atom. The zero-order valence-corrected chi connectivity index (χ0v) is 16.8. The number of aliphatic hydroxyl groups is 1. The highest BCUT2D eigenvalue weighted by Crippen LogP contribution is 2.68. The molecule has 6 rings (SSSR count). The second-order valence-corrected chi connectivity index (χ2v) is 9.40. The number of hydrogen-bond donors (Lipinski definition) is 1. The fourth-order valence-electron chi connectivity index (χ4n) is 5.42. The maximum Gasteiger partial charge on any atom is 0.159 e. The molecule has 1 N–H and O–H groups in total. The summed E-state index contributed by atoms with van der Waals surface area (Å²) in [5.41, 5.74) is 2.16. The van der Waals surface area contributed by atoms with Crippen molar-refractivity contribution >= 4 is 16.7 Å². The number of nitrogens with zero attached hydrogens (tertiary/aromatic N) is 6. The molecule has 3 aromatic rings. The van der Waals surface area contributed by atoms with Crippen LogP contribution in [-0.4, -0.2) is 44.6 Å². The van der Waals surface area contributed by atoms with E-state index in [1.165, 1.54) is 12.8 Å². The van der Waals surface area contributed by atoms with Crippen molar-refractivity contribution in [3.8, 4) is 11.9 Å². The van der Waals surface area contributed by atoms with Gasteiger partial charge in [0.2, 0.25) is 0 Å². The molecule has 3 fully saturated rings. The first kappa shape index (κ1) is 17.8. The molecule has 1 atom stereocenters. The van der Waals surface area contributed by atoms with Crippen LogP contribution in [0.5, 0.6) is 0 Å². The minimum Gasteiger partial charge on any atom is -0.396 e. The Balaban J connectivity index is 1.36. The van der Waals surface area contributed by atoms with Gasteiger partial charge in [0.05, 0.1) is 23.2 Å². The monoisotopic (exact) mass is 400 g/mol. The number of rotatable bonds is 4. The molecule has 7 nitrogen and oxygen atoms in total. The van der Waals surface area contributed by atoms with Gasteiger partial charge in [-0.25, -0.2) is 14.6 Å². The second kappa shape index (κ2) is 6.26. The highest BCUT2D eigenvalue weighted by Gasteiger charge is 2.61. The highest BCUT2D eigenvalue weighted by molar-refractivity contribution is 5.81. The highest BCUT2D eigenvalue weighted by atomic mass is 16.3. The Hall–Kier alpha value is -2.98. The minimum atomic E-state index is -0.356. The van der Waals surface area contributed by atoms with E-state index < -0.39 is 0 Å². The predicted octanol–water partition coefficient (Wildman–Crippen LogP) is 2.97. The van der Waals surface area contributed by atoms with Gasteiger partial charge < -0.3 is 10.0 Å². The average molecular weight is 400 g/mol. The lowest BCUT2D eigenvalue weighted by molar-refractivity contribution is 0.173. The lowest BCUT2D eigenvalue weighted by Gasteiger charge is -2.44. The van der Waals surface area contributed by atoms with E-state index in [-0.39, 0.29) is 12.0 Å². The summed E-state index contributed by atoms with van der Waals surface area (Å²) in [5.74, 6) is 1.88. The van der Waals surface area contributed by atoms with Crippen LogP contribution in [0.3, 0.4) is 0 Å². The van der Waals surface area contributed by atoms with Gasteiger partial charge in [0.1, 0.15) is 12.1 Å². The third-order valence-corrected chi connectivity index (χ3v) is 7.37. The van der Waals surface area contributed by atoms with E-state index in [1.807, 2.05) is 16.9 Å². The van der Waals surface area contributed by atoms with Crippen LogP contribution >= 0.6 is 0 Å². The SMILES string of the molecule is N#CC1(c2ccc3cnn(-c4cc(N5CCC(CO)C5)ncn4)c3c2)CC2(CC2)C1. The fraction of sp³-hybridized carbons (Fsp3) is 0.478. The smallest absolute Gasteiger partial charge is 0.159 e. The summed E-state index contributed by atoms with van der Waals surface area (Å²) in [7, 11) is 0. The Labute approximate surface area is 175 Å². The molecule has 1 aliphatic heterocycles. The molecule has 3 heterocycles. The quantitative estimate of drug-likeness (QED) is 0.724. The Bertz CT molecular complexity index is 1170. The Kier molecular flexibility index (Phi) is 3.72. The topological polar surface area (TPSA) is 90.9 Å². The summed E-state index contributed by atoms with van der Waals surface area (Å²) < 4.78 is 1.85. The molecular weight excluding hydrogens is 376 g/mol. The van der Waals surface area contributed by atoms with Gasteiger partial charge in [-0.15, -0.1) is 0 Å². The van der Waals surface area contributed by atoms with Gasteiger partial charge in [0, 0.05) is 37.1 Å². The first-order chi connectivity index (χ1) is 14.6. The van der Waals surface area contributed by atoms with Crippen LogP contribution in [0.1, 0.15) is 37.7 Å². The van der Waals surface area contributed by atoms with Crippen molar-refractivity contribution in [2.24, 2.45) is 11.3 Å². The summed E-state index contributed by atoms with van der Waals surface area (Å²) in [4.78, 5) is 11.1. The van der Waals surface area contributed by atoms with Gasteiger partial charge in [-0.05, 0) is 49.1 Å². The molecule has 2 aliphatic carbocycles. The van der Waals surface area contributed by atoms with Crippen LogP contribution in [0.15, 0.2) is 36.8 Å². The predicted molar refractivity (Wildman–Crippen MR) is 112 cm³/mol. The first-order valence-corrected chi connectivity index (χ1v) is 10.7. The van der Waals surface area contributed by atoms with E-state index in [4.69, 9.17) is 0 Å². The molecule has 1 unspecified atom stereocenters. The Morgan fingerprint density at radius 2 is 2.00 bits per heavy atom. The molecule has 2 aromatic heterocycles. The number of anilines is 1. The standard InChI is InChI=1S/C23H24N6O/c24-14-23(12-22(13-23)4-5-22)18-2-1-17-9-27-29(19(17)7-18)21-8-20(25-15-26-21)28-6-3-16(10-28)11-30/h1-2,7-9,15-16,30H,3-6,10-13H2. The lowest BCUT2D eigenvalue weighted by atomic mass is 9.57. The number of benzene rings is 1. The third kappa shape index (κ3) is 2.63. The van der Waals surface area contributed by atoms with Crippen molar-refractivity contribution in [2.45, 2.75) is 37.5 Å². The molecular formula is C23H24N6O. The van der Waals surface area contributed by atoms with E-state index in [1.54, 1.807) is 6.33 Å². The van der Waals surface area contributed by atoms with Crippen molar-refractivity contribution in [3.05, 3.63) is 42.4 Å². The van der Waals surface area contributed by atoms with Crippen LogP contribution in [-0.2, 0) is 5.41 Å². The van der Waals surface area contributed by atoms with Gasteiger partial charge in [-0.3, -0.25) is 0 Å². The summed E-state index contributed by atoms with van der Waals surface area (Å²) in [6.45, 7) is 1.91. The molecule has 1 spiro atoms. The van der Waals surface area contributed by atoms with Crippen molar-refractivity contribution in [2.75, 3.05) is 24.6 Å². The molecule has 0 amide bonds. The fourth-order valence-corrected chi connectivity index (χ4v) is 5.42. The average Bonchev–Trinajstić information content (AvgIpc) is 3.21. The van der Waals surface area contributed by atoms with Crippen molar-refractivity contribution in [3.63, 3.8) is 0 Å². The van der Waals surface area contributed by atoms with E-state index >= 15 is 0 Å². The minimum absolute atomic E-state index is 0.211. The van der Waals surface area contributed by atoms with E-state index in [9.17, 15) is 10.4 Å². The van der Waals surface area contributed by atoms with E-state index in [0.29, 0.717) is 11.3 Å². The van der Waals surface area contributed by atoms with Crippen LogP contribution < -0.4 is 4.90 Å². The first-order valence-electron chi connectivity index (χ1n) is 10.7. The van der Waals surface area contributed by atoms with Gasteiger partial charge in [0.25, 0.3) is 0 Å². The summed E-state index contributed by atoms with van der Waals surface area (Å²) in [5, 5.41) is 25.0. The molecule has 3 aliphatic rings. The molecule has 2 saturated carbocycles. The van der Waals surface area contributed by atoms with Crippen molar-refractivity contribution in [1.82, 2.24) is 19.7 Å². The largest absolute Gasteiger partial charge is 0.396 e. The summed E-state index contributed by atoms with van der Waals surface area (Å²) in [6, 6.07) is 10.9. The maximum absolute atomic E-state index is 9.94. The molecule has 1 saturated heterocycles. The van der Waals surface area contributed by atoms with Gasteiger partial charge >= 0.3 is 0 Å². The van der Waals surface area contributed by atoms with E-state index in [0.717, 1.165) is 60.5 Å². The molecule has 0 bridgehead atoms. The van der Waals surface area contributed by atoms with Gasteiger partial charge in [-0.2, -0.15) is 10.4 Å². The zero-order chi connectivity index (χ0) is 20.3. The normalized spacial score (nSPS) is 23.5. The maximum atomic E-state index is 9.94. The number of hydrogen-bond acceptors (Lipinski definition) is 6. The van der Waals surface area contributed by atoms with Crippen molar-refractivity contribution < 1.29 is 5.11 Å². The summed E-state index contributed by atoms with van der Waals surface area (Å²) >= 11 is 0. The lowest BCUT2D eigenvalue weighted by Crippen LogP contribution is -2.41. The van der Waals surface area contributed by atoms with Crippen LogP contribution in [0.25, 0.3) is 16.7 Å². The van der Waals surface area contributed by atoms with Crippen molar-refractivity contribution in [1.29, 1.82) is 5.26 Å². The number of aromatic nitrogens is 4. The molecule has 152 valence electrons. The molecule has 1 aromatic carbocycles. The number of nitriles is 1. The number of fused-ring (bicyclic) bond motifs is 1. The van der Waals surface area contributed by atoms with Crippen LogP contribution in [0.2, 0.25) is 0 Å². The van der Waals surface area contributed by atoms with Gasteiger partial charge in [-0.1, -0.05) is 12.1 Å². The third-order valence-electron chi connectivity index (χ3n) is 7.37.